The molecule has 1 aromatic heterocycles. The molecule has 0 aliphatic carbocycles. The second-order valence-corrected chi connectivity index (χ2v) is 6.57. The van der Waals surface area contributed by atoms with E-state index in [0.717, 1.165) is 35.4 Å². The number of nitrogens with one attached hydrogen (secondary N) is 1. The lowest BCUT2D eigenvalue weighted by Gasteiger charge is -2.23. The fourth-order valence-electron chi connectivity index (χ4n) is 3.33. The Morgan fingerprint density at radius 2 is 2.00 bits per heavy atom. The summed E-state index contributed by atoms with van der Waals surface area (Å²) in [5.74, 6) is 1.05. The summed E-state index contributed by atoms with van der Waals surface area (Å²) in [4.78, 5) is 17.2. The van der Waals surface area contributed by atoms with Gasteiger partial charge in [0.1, 0.15) is 5.82 Å². The zero-order valence-corrected chi connectivity index (χ0v) is 14.0. The summed E-state index contributed by atoms with van der Waals surface area (Å²) in [7, 11) is 0. The Balaban J connectivity index is 1.46. The maximum atomic E-state index is 12.5. The van der Waals surface area contributed by atoms with Gasteiger partial charge in [-0.15, -0.1) is 0 Å². The Labute approximate surface area is 145 Å². The van der Waals surface area contributed by atoms with Crippen LogP contribution in [0.5, 0.6) is 0 Å². The molecule has 24 heavy (non-hydrogen) atoms. The molecule has 2 aromatic carbocycles. The predicted octanol–water partition coefficient (Wildman–Crippen LogP) is 3.57. The Morgan fingerprint density at radius 3 is 2.88 bits per heavy atom. The molecule has 1 amide bonds. The maximum absolute atomic E-state index is 12.5. The average Bonchev–Trinajstić information content (AvgIpc) is 2.98. The van der Waals surface area contributed by atoms with Crippen molar-refractivity contribution in [3.8, 4) is 0 Å². The molecule has 0 saturated carbocycles. The third-order valence-electron chi connectivity index (χ3n) is 4.65. The van der Waals surface area contributed by atoms with E-state index >= 15 is 0 Å². The first-order valence-electron chi connectivity index (χ1n) is 8.17. The molecular formula is C19H18ClN3O. The highest BCUT2D eigenvalue weighted by atomic mass is 35.5. The highest BCUT2D eigenvalue weighted by molar-refractivity contribution is 6.31. The fraction of sp³-hybridized carbons (Fsp3) is 0.263. The lowest BCUT2D eigenvalue weighted by Crippen LogP contribution is -2.35. The van der Waals surface area contributed by atoms with Crippen molar-refractivity contribution in [3.63, 3.8) is 0 Å². The molecule has 0 spiro atoms. The molecule has 4 rings (SSSR count). The monoisotopic (exact) mass is 339 g/mol. The van der Waals surface area contributed by atoms with Crippen LogP contribution in [-0.4, -0.2) is 15.5 Å². The Kier molecular flexibility index (Phi) is 3.98. The number of benzene rings is 2. The highest BCUT2D eigenvalue weighted by Gasteiger charge is 2.26. The van der Waals surface area contributed by atoms with Crippen molar-refractivity contribution in [2.45, 2.75) is 25.9 Å². The van der Waals surface area contributed by atoms with E-state index in [2.05, 4.69) is 20.9 Å². The lowest BCUT2D eigenvalue weighted by molar-refractivity contribution is -0.125. The van der Waals surface area contributed by atoms with Crippen LogP contribution in [0.1, 0.15) is 17.8 Å². The van der Waals surface area contributed by atoms with Gasteiger partial charge in [-0.2, -0.15) is 0 Å². The van der Waals surface area contributed by atoms with Gasteiger partial charge in [0.25, 0.3) is 0 Å². The van der Waals surface area contributed by atoms with Crippen molar-refractivity contribution < 1.29 is 4.79 Å². The number of nitrogens with zero attached hydrogens (tertiary/aromatic N) is 2. The molecule has 5 heteroatoms. The molecule has 0 fully saturated rings. The fourth-order valence-corrected chi connectivity index (χ4v) is 3.53. The third-order valence-corrected chi connectivity index (χ3v) is 5.01. The smallest absolute Gasteiger partial charge is 0.223 e. The van der Waals surface area contributed by atoms with E-state index in [1.54, 1.807) is 0 Å². The van der Waals surface area contributed by atoms with Crippen molar-refractivity contribution >= 4 is 28.5 Å². The zero-order valence-electron chi connectivity index (χ0n) is 13.2. The molecule has 0 bridgehead atoms. The van der Waals surface area contributed by atoms with Gasteiger partial charge in [-0.1, -0.05) is 41.9 Å². The van der Waals surface area contributed by atoms with Gasteiger partial charge in [0.15, 0.2) is 0 Å². The maximum Gasteiger partial charge on any atom is 0.223 e. The van der Waals surface area contributed by atoms with Crippen molar-refractivity contribution in [1.82, 2.24) is 14.9 Å². The van der Waals surface area contributed by atoms with Crippen LogP contribution in [0.4, 0.5) is 0 Å². The number of aromatic nitrogens is 2. The molecule has 0 radical (unpaired) electrons. The minimum atomic E-state index is -0.0307. The van der Waals surface area contributed by atoms with E-state index in [-0.39, 0.29) is 11.8 Å². The first-order chi connectivity index (χ1) is 11.7. The topological polar surface area (TPSA) is 46.9 Å². The molecule has 0 saturated heterocycles. The number of halogens is 1. The van der Waals surface area contributed by atoms with Crippen molar-refractivity contribution in [1.29, 1.82) is 0 Å². The van der Waals surface area contributed by atoms with Gasteiger partial charge in [0.2, 0.25) is 5.91 Å². The van der Waals surface area contributed by atoms with Crippen LogP contribution in [-0.2, 0) is 24.3 Å². The first-order valence-corrected chi connectivity index (χ1v) is 8.55. The minimum Gasteiger partial charge on any atom is -0.352 e. The largest absolute Gasteiger partial charge is 0.352 e. The minimum absolute atomic E-state index is 0.0307. The normalized spacial score (nSPS) is 16.8. The van der Waals surface area contributed by atoms with Gasteiger partial charge < -0.3 is 9.88 Å². The standard InChI is InChI=1S/C19H18ClN3O/c20-15-6-2-1-5-14(15)12-21-19(24)13-9-10-23-17-8-4-3-7-16(17)22-18(23)11-13/h1-8,13H,9-12H2,(H,21,24). The zero-order chi connectivity index (χ0) is 16.5. The first kappa shape index (κ1) is 15.2. The predicted molar refractivity (Wildman–Crippen MR) is 94.8 cm³/mol. The van der Waals surface area contributed by atoms with Gasteiger partial charge in [-0.3, -0.25) is 4.79 Å². The number of hydrogen-bond acceptors (Lipinski definition) is 2. The summed E-state index contributed by atoms with van der Waals surface area (Å²) in [6.45, 7) is 1.30. The van der Waals surface area contributed by atoms with Crippen LogP contribution in [0, 0.1) is 5.92 Å². The number of carbonyl (C=O) groups excluding carboxylic acids is 1. The molecule has 1 aliphatic rings. The van der Waals surface area contributed by atoms with Crippen LogP contribution in [0.3, 0.4) is 0 Å². The second-order valence-electron chi connectivity index (χ2n) is 6.17. The summed E-state index contributed by atoms with van der Waals surface area (Å²) in [6, 6.07) is 15.7. The van der Waals surface area contributed by atoms with E-state index in [4.69, 9.17) is 11.6 Å². The number of amides is 1. The van der Waals surface area contributed by atoms with Crippen molar-refractivity contribution in [2.75, 3.05) is 0 Å². The van der Waals surface area contributed by atoms with E-state index in [1.807, 2.05) is 42.5 Å². The van der Waals surface area contributed by atoms with Crippen LogP contribution >= 0.6 is 11.6 Å². The van der Waals surface area contributed by atoms with Gasteiger partial charge in [-0.05, 0) is 30.2 Å². The van der Waals surface area contributed by atoms with E-state index in [0.29, 0.717) is 18.0 Å². The Hall–Kier alpha value is -2.33. The quantitative estimate of drug-likeness (QED) is 0.793. The Morgan fingerprint density at radius 1 is 1.21 bits per heavy atom. The average molecular weight is 340 g/mol. The second kappa shape index (κ2) is 6.29. The molecule has 4 nitrogen and oxygen atoms in total. The number of rotatable bonds is 3. The van der Waals surface area contributed by atoms with Crippen LogP contribution in [0.15, 0.2) is 48.5 Å². The van der Waals surface area contributed by atoms with Crippen LogP contribution in [0.2, 0.25) is 5.02 Å². The number of carbonyl (C=O) groups is 1. The van der Waals surface area contributed by atoms with E-state index in [1.165, 1.54) is 0 Å². The van der Waals surface area contributed by atoms with Crippen LogP contribution < -0.4 is 5.32 Å². The SMILES string of the molecule is O=C(NCc1ccccc1Cl)C1CCn2c(nc3ccccc32)C1. The van der Waals surface area contributed by atoms with Crippen molar-refractivity contribution in [2.24, 2.45) is 5.92 Å². The Bertz CT molecular complexity index is 903. The van der Waals surface area contributed by atoms with Gasteiger partial charge >= 0.3 is 0 Å². The van der Waals surface area contributed by atoms with E-state index < -0.39 is 0 Å². The van der Waals surface area contributed by atoms with Crippen LogP contribution in [0.25, 0.3) is 11.0 Å². The number of fused-ring (bicyclic) bond motifs is 3. The highest BCUT2D eigenvalue weighted by Crippen LogP contribution is 2.25. The van der Waals surface area contributed by atoms with Gasteiger partial charge in [0, 0.05) is 30.5 Å². The molecule has 2 heterocycles. The summed E-state index contributed by atoms with van der Waals surface area (Å²) < 4.78 is 2.23. The van der Waals surface area contributed by atoms with E-state index in [9.17, 15) is 4.79 Å². The van der Waals surface area contributed by atoms with Gasteiger partial charge in [-0.25, -0.2) is 4.98 Å². The third kappa shape index (κ3) is 2.78. The summed E-state index contributed by atoms with van der Waals surface area (Å²) in [5, 5.41) is 3.70. The number of para-hydroxylation sites is 2. The molecular weight excluding hydrogens is 322 g/mol. The number of aryl methyl sites for hydroxylation is 1. The molecule has 3 aromatic rings. The number of imidazole rings is 1. The summed E-state index contributed by atoms with van der Waals surface area (Å²) >= 11 is 6.14. The van der Waals surface area contributed by atoms with Crippen molar-refractivity contribution in [3.05, 3.63) is 64.9 Å². The lowest BCUT2D eigenvalue weighted by atomic mass is 9.96. The molecule has 1 aliphatic heterocycles. The molecule has 1 unspecified atom stereocenters. The summed E-state index contributed by atoms with van der Waals surface area (Å²) in [5.41, 5.74) is 3.10. The number of hydrogen-bond donors (Lipinski definition) is 1. The van der Waals surface area contributed by atoms with Gasteiger partial charge in [0.05, 0.1) is 11.0 Å². The molecule has 1 atom stereocenters. The molecule has 122 valence electrons. The summed E-state index contributed by atoms with van der Waals surface area (Å²) in [6.07, 6.45) is 1.52. The molecule has 1 N–H and O–H groups in total.